The lowest BCUT2D eigenvalue weighted by Gasteiger charge is -2.15. The van der Waals surface area contributed by atoms with Crippen molar-refractivity contribution in [3.05, 3.63) is 36.7 Å². The molecule has 0 aliphatic rings. The standard InChI is InChI=1S/C17H19N3O5S/c1-20-10-18-13-6-5-11(7-14(13)20)19-26(21,22)12-8-15(23-2)17(25-4)16(9-12)24-3/h5-10,19H,1-4H3. The molecule has 2 aromatic carbocycles. The van der Waals surface area contributed by atoms with Gasteiger partial charge in [-0.2, -0.15) is 0 Å². The second-order valence-corrected chi connectivity index (χ2v) is 7.21. The van der Waals surface area contributed by atoms with E-state index in [0.29, 0.717) is 11.4 Å². The van der Waals surface area contributed by atoms with Gasteiger partial charge in [-0.25, -0.2) is 13.4 Å². The monoisotopic (exact) mass is 377 g/mol. The van der Waals surface area contributed by atoms with Crippen LogP contribution in [0, 0.1) is 0 Å². The molecule has 3 rings (SSSR count). The Kier molecular flexibility index (Phi) is 4.64. The highest BCUT2D eigenvalue weighted by molar-refractivity contribution is 7.92. The van der Waals surface area contributed by atoms with E-state index in [-0.39, 0.29) is 16.4 Å². The van der Waals surface area contributed by atoms with Crippen LogP contribution in [-0.4, -0.2) is 39.3 Å². The number of sulfonamides is 1. The molecule has 138 valence electrons. The Hall–Kier alpha value is -2.94. The first-order valence-corrected chi connectivity index (χ1v) is 9.12. The quantitative estimate of drug-likeness (QED) is 0.709. The van der Waals surface area contributed by atoms with Crippen LogP contribution in [0.15, 0.2) is 41.6 Å². The number of rotatable bonds is 6. The fourth-order valence-electron chi connectivity index (χ4n) is 2.62. The zero-order valence-electron chi connectivity index (χ0n) is 14.8. The van der Waals surface area contributed by atoms with Crippen LogP contribution in [-0.2, 0) is 17.1 Å². The largest absolute Gasteiger partial charge is 0.493 e. The van der Waals surface area contributed by atoms with Gasteiger partial charge in [-0.15, -0.1) is 0 Å². The van der Waals surface area contributed by atoms with Crippen molar-refractivity contribution < 1.29 is 22.6 Å². The third kappa shape index (κ3) is 3.13. The second-order valence-electron chi connectivity index (χ2n) is 5.53. The molecule has 0 radical (unpaired) electrons. The van der Waals surface area contributed by atoms with Gasteiger partial charge in [0.1, 0.15) is 0 Å². The number of imidazole rings is 1. The number of fused-ring (bicyclic) bond motifs is 1. The molecule has 0 bridgehead atoms. The van der Waals surface area contributed by atoms with Crippen molar-refractivity contribution in [2.75, 3.05) is 26.1 Å². The predicted molar refractivity (Wildman–Crippen MR) is 97.6 cm³/mol. The molecule has 1 heterocycles. The highest BCUT2D eigenvalue weighted by atomic mass is 32.2. The Morgan fingerprint density at radius 1 is 1.00 bits per heavy atom. The molecule has 26 heavy (non-hydrogen) atoms. The number of nitrogens with one attached hydrogen (secondary N) is 1. The number of hydrogen-bond donors (Lipinski definition) is 1. The highest BCUT2D eigenvalue weighted by Gasteiger charge is 2.21. The van der Waals surface area contributed by atoms with Crippen LogP contribution in [0.2, 0.25) is 0 Å². The zero-order valence-corrected chi connectivity index (χ0v) is 15.6. The van der Waals surface area contributed by atoms with Gasteiger partial charge in [-0.05, 0) is 18.2 Å². The minimum absolute atomic E-state index is 0.00268. The second kappa shape index (κ2) is 6.75. The van der Waals surface area contributed by atoms with Crippen LogP contribution in [0.1, 0.15) is 0 Å². The van der Waals surface area contributed by atoms with Crippen LogP contribution in [0.3, 0.4) is 0 Å². The van der Waals surface area contributed by atoms with E-state index in [1.54, 1.807) is 24.5 Å². The average Bonchev–Trinajstić information content (AvgIpc) is 3.00. The van der Waals surface area contributed by atoms with Gasteiger partial charge in [0.15, 0.2) is 11.5 Å². The zero-order chi connectivity index (χ0) is 18.9. The number of anilines is 1. The van der Waals surface area contributed by atoms with Crippen molar-refractivity contribution in [1.29, 1.82) is 0 Å². The van der Waals surface area contributed by atoms with E-state index < -0.39 is 10.0 Å². The molecule has 0 saturated heterocycles. The molecule has 8 nitrogen and oxygen atoms in total. The van der Waals surface area contributed by atoms with Crippen molar-refractivity contribution in [1.82, 2.24) is 9.55 Å². The minimum Gasteiger partial charge on any atom is -0.493 e. The van der Waals surface area contributed by atoms with Crippen LogP contribution in [0.5, 0.6) is 17.2 Å². The fourth-order valence-corrected chi connectivity index (χ4v) is 3.70. The third-order valence-corrected chi connectivity index (χ3v) is 5.29. The molecular formula is C17H19N3O5S. The summed E-state index contributed by atoms with van der Waals surface area (Å²) < 4.78 is 45.7. The molecule has 1 aromatic heterocycles. The number of benzene rings is 2. The summed E-state index contributed by atoms with van der Waals surface area (Å²) in [6, 6.07) is 7.89. The first-order valence-electron chi connectivity index (χ1n) is 7.63. The Morgan fingerprint density at radius 3 is 2.23 bits per heavy atom. The maximum absolute atomic E-state index is 12.8. The molecule has 0 spiro atoms. The Balaban J connectivity index is 2.02. The van der Waals surface area contributed by atoms with Crippen LogP contribution < -0.4 is 18.9 Å². The lowest BCUT2D eigenvalue weighted by Crippen LogP contribution is -2.13. The lowest BCUT2D eigenvalue weighted by atomic mass is 10.3. The van der Waals surface area contributed by atoms with Gasteiger partial charge in [0.05, 0.1) is 49.3 Å². The number of methoxy groups -OCH3 is 3. The molecule has 3 aromatic rings. The van der Waals surface area contributed by atoms with Crippen LogP contribution in [0.4, 0.5) is 5.69 Å². The van der Waals surface area contributed by atoms with E-state index in [1.807, 2.05) is 11.6 Å². The predicted octanol–water partition coefficient (Wildman–Crippen LogP) is 2.40. The summed E-state index contributed by atoms with van der Waals surface area (Å²) in [6.07, 6.45) is 1.67. The third-order valence-electron chi connectivity index (χ3n) is 3.93. The van der Waals surface area contributed by atoms with E-state index in [1.165, 1.54) is 33.5 Å². The Labute approximate surface area is 151 Å². The number of aromatic nitrogens is 2. The SMILES string of the molecule is COc1cc(S(=O)(=O)Nc2ccc3ncn(C)c3c2)cc(OC)c1OC. The van der Waals surface area contributed by atoms with Crippen molar-refractivity contribution in [2.45, 2.75) is 4.90 Å². The summed E-state index contributed by atoms with van der Waals surface area (Å²) >= 11 is 0. The van der Waals surface area contributed by atoms with E-state index in [0.717, 1.165) is 11.0 Å². The van der Waals surface area contributed by atoms with Gasteiger partial charge in [0.2, 0.25) is 5.75 Å². The van der Waals surface area contributed by atoms with E-state index in [9.17, 15) is 8.42 Å². The topological polar surface area (TPSA) is 91.7 Å². The molecule has 0 aliphatic carbocycles. The van der Waals surface area contributed by atoms with E-state index >= 15 is 0 Å². The number of nitrogens with zero attached hydrogens (tertiary/aromatic N) is 2. The molecule has 0 amide bonds. The number of hydrogen-bond acceptors (Lipinski definition) is 6. The fraction of sp³-hybridized carbons (Fsp3) is 0.235. The Morgan fingerprint density at radius 2 is 1.65 bits per heavy atom. The normalized spacial score (nSPS) is 11.4. The van der Waals surface area contributed by atoms with Gasteiger partial charge < -0.3 is 18.8 Å². The summed E-state index contributed by atoms with van der Waals surface area (Å²) in [6.45, 7) is 0. The summed E-state index contributed by atoms with van der Waals surface area (Å²) in [7, 11) is 2.29. The summed E-state index contributed by atoms with van der Waals surface area (Å²) in [5, 5.41) is 0. The lowest BCUT2D eigenvalue weighted by molar-refractivity contribution is 0.323. The van der Waals surface area contributed by atoms with Crippen molar-refractivity contribution in [2.24, 2.45) is 7.05 Å². The van der Waals surface area contributed by atoms with E-state index in [2.05, 4.69) is 9.71 Å². The number of ether oxygens (including phenoxy) is 3. The maximum Gasteiger partial charge on any atom is 0.262 e. The van der Waals surface area contributed by atoms with Gasteiger partial charge in [-0.1, -0.05) is 0 Å². The van der Waals surface area contributed by atoms with Crippen LogP contribution in [0.25, 0.3) is 11.0 Å². The molecule has 9 heteroatoms. The first kappa shape index (κ1) is 17.9. The molecule has 0 atom stereocenters. The number of aryl methyl sites for hydroxylation is 1. The molecular weight excluding hydrogens is 358 g/mol. The molecule has 0 aliphatic heterocycles. The van der Waals surface area contributed by atoms with Crippen LogP contribution >= 0.6 is 0 Å². The molecule has 1 N–H and O–H groups in total. The van der Waals surface area contributed by atoms with Crippen molar-refractivity contribution >= 4 is 26.7 Å². The van der Waals surface area contributed by atoms with E-state index in [4.69, 9.17) is 14.2 Å². The summed E-state index contributed by atoms with van der Waals surface area (Å²) in [4.78, 5) is 4.21. The van der Waals surface area contributed by atoms with Crippen molar-refractivity contribution in [3.8, 4) is 17.2 Å². The molecule has 0 fully saturated rings. The van der Waals surface area contributed by atoms with Gasteiger partial charge in [0.25, 0.3) is 10.0 Å². The Bertz CT molecular complexity index is 1030. The van der Waals surface area contributed by atoms with Crippen molar-refractivity contribution in [3.63, 3.8) is 0 Å². The first-order chi connectivity index (χ1) is 12.4. The average molecular weight is 377 g/mol. The molecule has 0 saturated carbocycles. The maximum atomic E-state index is 12.8. The van der Waals surface area contributed by atoms with Gasteiger partial charge in [0, 0.05) is 19.2 Å². The summed E-state index contributed by atoms with van der Waals surface area (Å²) in [5.41, 5.74) is 2.02. The summed E-state index contributed by atoms with van der Waals surface area (Å²) in [5.74, 6) is 0.842. The smallest absolute Gasteiger partial charge is 0.262 e. The minimum atomic E-state index is -3.86. The van der Waals surface area contributed by atoms with Gasteiger partial charge in [-0.3, -0.25) is 4.72 Å². The highest BCUT2D eigenvalue weighted by Crippen LogP contribution is 2.39. The molecule has 0 unspecified atom stereocenters. The van der Waals surface area contributed by atoms with Gasteiger partial charge >= 0.3 is 0 Å².